The average Bonchev–Trinajstić information content (AvgIpc) is 2.89. The number of nitrogens with zero attached hydrogens (tertiary/aromatic N) is 1. The third kappa shape index (κ3) is 3.32. The lowest BCUT2D eigenvalue weighted by atomic mass is 9.99. The molecule has 104 valence electrons. The zero-order chi connectivity index (χ0) is 13.8. The standard InChI is InChI=1S/C15H21FN2O/c1-11(8-13-4-2-3-5-14(13)16)15(19)18-7-6-12(9-17)10-18/h2-5,11-12H,6-10,17H2,1H3/t11-,12+/m1/s1. The summed E-state index contributed by atoms with van der Waals surface area (Å²) in [6, 6.07) is 6.65. The molecule has 1 aromatic carbocycles. The molecule has 0 saturated carbocycles. The molecule has 1 amide bonds. The van der Waals surface area contributed by atoms with E-state index in [4.69, 9.17) is 5.73 Å². The summed E-state index contributed by atoms with van der Waals surface area (Å²) in [5, 5.41) is 0. The van der Waals surface area contributed by atoms with Crippen LogP contribution in [-0.2, 0) is 11.2 Å². The van der Waals surface area contributed by atoms with Gasteiger partial charge in [-0.05, 0) is 36.9 Å². The quantitative estimate of drug-likeness (QED) is 0.901. The smallest absolute Gasteiger partial charge is 0.225 e. The van der Waals surface area contributed by atoms with Gasteiger partial charge in [0.25, 0.3) is 0 Å². The van der Waals surface area contributed by atoms with Crippen molar-refractivity contribution in [2.24, 2.45) is 17.6 Å². The Morgan fingerprint density at radius 2 is 2.26 bits per heavy atom. The summed E-state index contributed by atoms with van der Waals surface area (Å²) in [5.74, 6) is 0.112. The summed E-state index contributed by atoms with van der Waals surface area (Å²) in [4.78, 5) is 14.1. The maximum atomic E-state index is 13.6. The highest BCUT2D eigenvalue weighted by molar-refractivity contribution is 5.79. The number of amides is 1. The molecule has 0 aliphatic carbocycles. The van der Waals surface area contributed by atoms with E-state index < -0.39 is 0 Å². The maximum absolute atomic E-state index is 13.6. The van der Waals surface area contributed by atoms with Crippen molar-refractivity contribution in [2.75, 3.05) is 19.6 Å². The van der Waals surface area contributed by atoms with Gasteiger partial charge in [0.05, 0.1) is 0 Å². The zero-order valence-corrected chi connectivity index (χ0v) is 11.3. The van der Waals surface area contributed by atoms with Crippen LogP contribution in [0.2, 0.25) is 0 Å². The lowest BCUT2D eigenvalue weighted by Crippen LogP contribution is -2.34. The molecule has 1 aromatic rings. The van der Waals surface area contributed by atoms with Crippen molar-refractivity contribution in [1.29, 1.82) is 0 Å². The van der Waals surface area contributed by atoms with E-state index in [1.807, 2.05) is 11.8 Å². The minimum Gasteiger partial charge on any atom is -0.342 e. The van der Waals surface area contributed by atoms with Crippen LogP contribution in [0.5, 0.6) is 0 Å². The first-order valence-corrected chi connectivity index (χ1v) is 6.84. The Morgan fingerprint density at radius 3 is 2.89 bits per heavy atom. The van der Waals surface area contributed by atoms with Gasteiger partial charge in [-0.25, -0.2) is 4.39 Å². The third-order valence-corrected chi connectivity index (χ3v) is 3.84. The Labute approximate surface area is 113 Å². The average molecular weight is 264 g/mol. The molecule has 1 fully saturated rings. The van der Waals surface area contributed by atoms with Gasteiger partial charge in [0, 0.05) is 19.0 Å². The molecule has 0 aromatic heterocycles. The second-order valence-electron chi connectivity index (χ2n) is 5.37. The van der Waals surface area contributed by atoms with E-state index in [0.29, 0.717) is 24.4 Å². The predicted molar refractivity (Wildman–Crippen MR) is 73.0 cm³/mol. The Kier molecular flexibility index (Phi) is 4.53. The van der Waals surface area contributed by atoms with E-state index in [0.717, 1.165) is 19.5 Å². The van der Waals surface area contributed by atoms with Gasteiger partial charge in [0.1, 0.15) is 5.82 Å². The lowest BCUT2D eigenvalue weighted by Gasteiger charge is -2.21. The van der Waals surface area contributed by atoms with Gasteiger partial charge in [-0.15, -0.1) is 0 Å². The zero-order valence-electron chi connectivity index (χ0n) is 11.3. The molecule has 1 heterocycles. The minimum absolute atomic E-state index is 0.110. The van der Waals surface area contributed by atoms with E-state index in [9.17, 15) is 9.18 Å². The van der Waals surface area contributed by atoms with Gasteiger partial charge in [0.2, 0.25) is 5.91 Å². The van der Waals surface area contributed by atoms with Crippen molar-refractivity contribution >= 4 is 5.91 Å². The fraction of sp³-hybridized carbons (Fsp3) is 0.533. The van der Waals surface area contributed by atoms with E-state index in [-0.39, 0.29) is 17.6 Å². The molecular weight excluding hydrogens is 243 g/mol. The molecule has 0 unspecified atom stereocenters. The molecule has 2 atom stereocenters. The highest BCUT2D eigenvalue weighted by Crippen LogP contribution is 2.20. The van der Waals surface area contributed by atoms with Gasteiger partial charge in [0.15, 0.2) is 0 Å². The van der Waals surface area contributed by atoms with E-state index in [1.54, 1.807) is 18.2 Å². The summed E-state index contributed by atoms with van der Waals surface area (Å²) in [5.41, 5.74) is 6.24. The number of nitrogens with two attached hydrogens (primary N) is 1. The van der Waals surface area contributed by atoms with Crippen molar-refractivity contribution < 1.29 is 9.18 Å². The number of rotatable bonds is 4. The Morgan fingerprint density at radius 1 is 1.53 bits per heavy atom. The third-order valence-electron chi connectivity index (χ3n) is 3.84. The molecule has 2 rings (SSSR count). The van der Waals surface area contributed by atoms with Gasteiger partial charge in [-0.2, -0.15) is 0 Å². The van der Waals surface area contributed by atoms with Gasteiger partial charge >= 0.3 is 0 Å². The van der Waals surface area contributed by atoms with Crippen molar-refractivity contribution in [2.45, 2.75) is 19.8 Å². The molecule has 1 aliphatic rings. The first-order chi connectivity index (χ1) is 9.11. The summed E-state index contributed by atoms with van der Waals surface area (Å²) in [7, 11) is 0. The van der Waals surface area contributed by atoms with Crippen LogP contribution in [0.1, 0.15) is 18.9 Å². The van der Waals surface area contributed by atoms with E-state index in [2.05, 4.69) is 0 Å². The van der Waals surface area contributed by atoms with Crippen LogP contribution in [0.3, 0.4) is 0 Å². The highest BCUT2D eigenvalue weighted by Gasteiger charge is 2.28. The fourth-order valence-corrected chi connectivity index (χ4v) is 2.62. The molecule has 1 aliphatic heterocycles. The topological polar surface area (TPSA) is 46.3 Å². The van der Waals surface area contributed by atoms with Crippen molar-refractivity contribution in [3.8, 4) is 0 Å². The molecule has 0 spiro atoms. The molecule has 0 radical (unpaired) electrons. The number of hydrogen-bond acceptors (Lipinski definition) is 2. The molecule has 19 heavy (non-hydrogen) atoms. The minimum atomic E-state index is -0.233. The second kappa shape index (κ2) is 6.15. The Balaban J connectivity index is 1.95. The van der Waals surface area contributed by atoms with Gasteiger partial charge in [-0.3, -0.25) is 4.79 Å². The SMILES string of the molecule is C[C@H](Cc1ccccc1F)C(=O)N1CC[C@@H](CN)C1. The van der Waals surface area contributed by atoms with Crippen LogP contribution in [0.4, 0.5) is 4.39 Å². The van der Waals surface area contributed by atoms with Crippen molar-refractivity contribution in [3.63, 3.8) is 0 Å². The van der Waals surface area contributed by atoms with Crippen LogP contribution in [-0.4, -0.2) is 30.4 Å². The van der Waals surface area contributed by atoms with Gasteiger partial charge in [-0.1, -0.05) is 25.1 Å². The summed E-state index contributed by atoms with van der Waals surface area (Å²) < 4.78 is 13.6. The summed E-state index contributed by atoms with van der Waals surface area (Å²) >= 11 is 0. The van der Waals surface area contributed by atoms with Crippen LogP contribution in [0.25, 0.3) is 0 Å². The molecule has 2 N–H and O–H groups in total. The number of carbonyl (C=O) groups excluding carboxylic acids is 1. The number of hydrogen-bond donors (Lipinski definition) is 1. The number of halogens is 1. The predicted octanol–water partition coefficient (Wildman–Crippen LogP) is 1.81. The Bertz CT molecular complexity index is 450. The number of likely N-dealkylation sites (tertiary alicyclic amines) is 1. The molecule has 0 bridgehead atoms. The largest absolute Gasteiger partial charge is 0.342 e. The van der Waals surface area contributed by atoms with Gasteiger partial charge < -0.3 is 10.6 Å². The van der Waals surface area contributed by atoms with E-state index >= 15 is 0 Å². The Hall–Kier alpha value is -1.42. The summed E-state index contributed by atoms with van der Waals surface area (Å²) in [6.45, 7) is 4.02. The first-order valence-electron chi connectivity index (χ1n) is 6.84. The number of carbonyl (C=O) groups is 1. The van der Waals surface area contributed by atoms with Crippen molar-refractivity contribution in [1.82, 2.24) is 4.90 Å². The first kappa shape index (κ1) is 14.0. The lowest BCUT2D eigenvalue weighted by molar-refractivity contribution is -0.134. The van der Waals surface area contributed by atoms with Crippen LogP contribution in [0, 0.1) is 17.7 Å². The molecule has 3 nitrogen and oxygen atoms in total. The highest BCUT2D eigenvalue weighted by atomic mass is 19.1. The molecule has 1 saturated heterocycles. The maximum Gasteiger partial charge on any atom is 0.225 e. The van der Waals surface area contributed by atoms with Crippen LogP contribution >= 0.6 is 0 Å². The summed E-state index contributed by atoms with van der Waals surface area (Å²) in [6.07, 6.45) is 1.43. The van der Waals surface area contributed by atoms with E-state index in [1.165, 1.54) is 6.07 Å². The fourth-order valence-electron chi connectivity index (χ4n) is 2.62. The second-order valence-corrected chi connectivity index (χ2v) is 5.37. The normalized spacial score (nSPS) is 20.6. The van der Waals surface area contributed by atoms with Crippen molar-refractivity contribution in [3.05, 3.63) is 35.6 Å². The van der Waals surface area contributed by atoms with Crippen LogP contribution < -0.4 is 5.73 Å². The monoisotopic (exact) mass is 264 g/mol. The molecular formula is C15H21FN2O. The molecule has 4 heteroatoms. The van der Waals surface area contributed by atoms with Crippen LogP contribution in [0.15, 0.2) is 24.3 Å². The number of benzene rings is 1.